The molecule has 5 heterocycles. The van der Waals surface area contributed by atoms with Gasteiger partial charge in [-0.15, -0.1) is 0 Å². The Morgan fingerprint density at radius 3 is 1.91 bits per heavy atom. The van der Waals surface area contributed by atoms with Crippen molar-refractivity contribution < 1.29 is 4.74 Å². The fourth-order valence-corrected chi connectivity index (χ4v) is 8.01. The number of hydrogen-bond donors (Lipinski definition) is 0. The smallest absolute Gasteiger partial charge is 0.145 e. The average molecular weight is 680 g/mol. The summed E-state index contributed by atoms with van der Waals surface area (Å²) in [4.78, 5) is 14.6. The highest BCUT2D eigenvalue weighted by atomic mass is 16.5. The minimum atomic E-state index is 0.717. The van der Waals surface area contributed by atoms with Crippen LogP contribution in [0.3, 0.4) is 0 Å². The summed E-state index contributed by atoms with van der Waals surface area (Å²) < 4.78 is 11.1. The minimum absolute atomic E-state index is 0.717. The third-order valence-electron chi connectivity index (χ3n) is 10.3. The molecular weight excluding hydrogens is 651 g/mol. The first-order chi connectivity index (χ1) is 26.3. The summed E-state index contributed by atoms with van der Waals surface area (Å²) >= 11 is 0. The molecule has 0 atom stereocenters. The van der Waals surface area contributed by atoms with E-state index >= 15 is 0 Å². The monoisotopic (exact) mass is 679 g/mol. The summed E-state index contributed by atoms with van der Waals surface area (Å²) in [5.74, 6) is 1.44. The van der Waals surface area contributed by atoms with Gasteiger partial charge >= 0.3 is 0 Å². The minimum Gasteiger partial charge on any atom is -0.457 e. The molecule has 0 aliphatic heterocycles. The maximum atomic E-state index is 6.70. The molecule has 6 aromatic carbocycles. The van der Waals surface area contributed by atoms with Crippen LogP contribution in [0.4, 0.5) is 0 Å². The predicted molar refractivity (Wildman–Crippen MR) is 215 cm³/mol. The molecule has 248 valence electrons. The molecule has 0 saturated carbocycles. The van der Waals surface area contributed by atoms with Gasteiger partial charge < -0.3 is 4.74 Å². The normalized spacial score (nSPS) is 11.8. The van der Waals surface area contributed by atoms with Crippen LogP contribution in [0.5, 0.6) is 11.5 Å². The molecule has 0 bridgehead atoms. The average Bonchev–Trinajstić information content (AvgIpc) is 3.91. The van der Waals surface area contributed by atoms with Crippen molar-refractivity contribution >= 4 is 54.8 Å². The number of hydrogen-bond acceptors (Lipinski definition) is 4. The Bertz CT molecular complexity index is 3190. The van der Waals surface area contributed by atoms with E-state index in [2.05, 4.69) is 142 Å². The Morgan fingerprint density at radius 2 is 1.15 bits per heavy atom. The first kappa shape index (κ1) is 29.4. The second-order valence-electron chi connectivity index (χ2n) is 13.3. The molecule has 11 rings (SSSR count). The molecular formula is C47H29N5O. The third-order valence-corrected chi connectivity index (χ3v) is 10.3. The lowest BCUT2D eigenvalue weighted by Crippen LogP contribution is -1.96. The van der Waals surface area contributed by atoms with E-state index in [1.54, 1.807) is 0 Å². The Hall–Kier alpha value is -7.31. The number of fused-ring (bicyclic) bond motifs is 12. The van der Waals surface area contributed by atoms with E-state index in [1.165, 1.54) is 22.1 Å². The van der Waals surface area contributed by atoms with E-state index in [0.29, 0.717) is 0 Å². The predicted octanol–water partition coefficient (Wildman–Crippen LogP) is 11.8. The quantitative estimate of drug-likeness (QED) is 0.170. The van der Waals surface area contributed by atoms with Gasteiger partial charge in [0, 0.05) is 45.7 Å². The van der Waals surface area contributed by atoms with Gasteiger partial charge in [0.25, 0.3) is 0 Å². The summed E-state index contributed by atoms with van der Waals surface area (Å²) in [5, 5.41) is 5.30. The Kier molecular flexibility index (Phi) is 6.45. The molecule has 0 fully saturated rings. The fourth-order valence-electron chi connectivity index (χ4n) is 8.01. The molecule has 6 heteroatoms. The van der Waals surface area contributed by atoms with Crippen molar-refractivity contribution in [3.05, 3.63) is 176 Å². The zero-order chi connectivity index (χ0) is 34.9. The van der Waals surface area contributed by atoms with Crippen molar-refractivity contribution in [1.29, 1.82) is 0 Å². The van der Waals surface area contributed by atoms with Crippen LogP contribution in [0.2, 0.25) is 0 Å². The van der Waals surface area contributed by atoms with Gasteiger partial charge in [0.2, 0.25) is 0 Å². The standard InChI is InChI=1S/C47H29N5O/c1-4-11-30(12-5-1)35-22-23-40-44(43(35)32-15-8-3-9-16-32)36-20-18-33(27-38(36)46-49-25-26-51(40)46)53-34-19-21-37-39(28-34)47-50-29-42(31-13-6-2-7-14-31)52(47)41-17-10-24-48-45(37)41/h1-29H. The molecule has 0 spiro atoms. The SMILES string of the molecule is c1ccc(-c2ccc3c(c2-c2ccccc2)c2ccc(Oc4ccc5c(c4)c4ncc(-c6ccccc6)n4c4cccnc54)cc2c2nccn32)cc1. The Morgan fingerprint density at radius 1 is 0.472 bits per heavy atom. The van der Waals surface area contributed by atoms with Crippen LogP contribution in [0.1, 0.15) is 0 Å². The van der Waals surface area contributed by atoms with Crippen molar-refractivity contribution in [1.82, 2.24) is 23.8 Å². The fraction of sp³-hybridized carbons (Fsp3) is 0. The second kappa shape index (κ2) is 11.6. The van der Waals surface area contributed by atoms with Crippen LogP contribution in [0.15, 0.2) is 176 Å². The maximum absolute atomic E-state index is 6.70. The number of benzene rings is 6. The van der Waals surface area contributed by atoms with Crippen LogP contribution >= 0.6 is 0 Å². The lowest BCUT2D eigenvalue weighted by Gasteiger charge is -2.18. The largest absolute Gasteiger partial charge is 0.457 e. The molecule has 0 aliphatic carbocycles. The van der Waals surface area contributed by atoms with Crippen molar-refractivity contribution in [3.8, 4) is 45.0 Å². The van der Waals surface area contributed by atoms with Crippen LogP contribution < -0.4 is 4.74 Å². The zero-order valence-corrected chi connectivity index (χ0v) is 28.4. The molecule has 5 aromatic heterocycles. The lowest BCUT2D eigenvalue weighted by molar-refractivity contribution is 0.484. The number of imidazole rings is 2. The summed E-state index contributed by atoms with van der Waals surface area (Å²) in [5.41, 5.74) is 11.6. The van der Waals surface area contributed by atoms with E-state index in [0.717, 1.165) is 77.7 Å². The number of pyridine rings is 3. The van der Waals surface area contributed by atoms with Crippen molar-refractivity contribution in [2.45, 2.75) is 0 Å². The molecule has 0 unspecified atom stereocenters. The molecule has 0 saturated heterocycles. The van der Waals surface area contributed by atoms with Gasteiger partial charge in [-0.05, 0) is 82.2 Å². The summed E-state index contributed by atoms with van der Waals surface area (Å²) in [7, 11) is 0. The first-order valence-electron chi connectivity index (χ1n) is 17.7. The molecule has 53 heavy (non-hydrogen) atoms. The van der Waals surface area contributed by atoms with E-state index in [9.17, 15) is 0 Å². The molecule has 6 nitrogen and oxygen atoms in total. The van der Waals surface area contributed by atoms with E-state index < -0.39 is 0 Å². The number of aromatic nitrogens is 5. The Balaban J connectivity index is 1.11. The highest BCUT2D eigenvalue weighted by molar-refractivity contribution is 6.20. The number of nitrogens with zero attached hydrogens (tertiary/aromatic N) is 5. The molecule has 0 aliphatic rings. The van der Waals surface area contributed by atoms with Gasteiger partial charge in [-0.1, -0.05) is 97.1 Å². The van der Waals surface area contributed by atoms with E-state index in [1.807, 2.05) is 43.0 Å². The molecule has 0 N–H and O–H groups in total. The van der Waals surface area contributed by atoms with Gasteiger partial charge in [0.05, 0.1) is 28.4 Å². The lowest BCUT2D eigenvalue weighted by atomic mass is 9.89. The highest BCUT2D eigenvalue weighted by Gasteiger charge is 2.20. The maximum Gasteiger partial charge on any atom is 0.145 e. The van der Waals surface area contributed by atoms with Crippen LogP contribution in [0.25, 0.3) is 88.3 Å². The van der Waals surface area contributed by atoms with Gasteiger partial charge in [0.1, 0.15) is 22.8 Å². The van der Waals surface area contributed by atoms with Crippen molar-refractivity contribution in [2.24, 2.45) is 0 Å². The van der Waals surface area contributed by atoms with Crippen molar-refractivity contribution in [3.63, 3.8) is 0 Å². The first-order valence-corrected chi connectivity index (χ1v) is 17.7. The van der Waals surface area contributed by atoms with Gasteiger partial charge in [-0.25, -0.2) is 9.97 Å². The molecule has 11 aromatic rings. The second-order valence-corrected chi connectivity index (χ2v) is 13.3. The van der Waals surface area contributed by atoms with E-state index in [-0.39, 0.29) is 0 Å². The number of rotatable bonds is 5. The Labute approximate surface area is 303 Å². The summed E-state index contributed by atoms with van der Waals surface area (Å²) in [6, 6.07) is 52.7. The van der Waals surface area contributed by atoms with Gasteiger partial charge in [0.15, 0.2) is 0 Å². The van der Waals surface area contributed by atoms with Crippen LogP contribution in [0, 0.1) is 0 Å². The van der Waals surface area contributed by atoms with Crippen LogP contribution in [-0.2, 0) is 0 Å². The zero-order valence-electron chi connectivity index (χ0n) is 28.4. The van der Waals surface area contributed by atoms with Gasteiger partial charge in [-0.3, -0.25) is 13.8 Å². The summed E-state index contributed by atoms with van der Waals surface area (Å²) in [6.45, 7) is 0. The van der Waals surface area contributed by atoms with Crippen molar-refractivity contribution in [2.75, 3.05) is 0 Å². The summed E-state index contributed by atoms with van der Waals surface area (Å²) in [6.07, 6.45) is 7.71. The van der Waals surface area contributed by atoms with Gasteiger partial charge in [-0.2, -0.15) is 0 Å². The molecule has 0 amide bonds. The van der Waals surface area contributed by atoms with Crippen LogP contribution in [-0.4, -0.2) is 23.8 Å². The van der Waals surface area contributed by atoms with E-state index in [4.69, 9.17) is 19.7 Å². The molecule has 0 radical (unpaired) electrons. The third kappa shape index (κ3) is 4.56. The highest BCUT2D eigenvalue weighted by Crippen LogP contribution is 2.43. The topological polar surface area (TPSA) is 56.7 Å². The number of ether oxygens (including phenoxy) is 1.